The summed E-state index contributed by atoms with van der Waals surface area (Å²) in [6.45, 7) is 7.81. The maximum atomic E-state index is 13.1. The first-order valence-corrected chi connectivity index (χ1v) is 10.7. The first-order chi connectivity index (χ1) is 10.5. The summed E-state index contributed by atoms with van der Waals surface area (Å²) in [5.41, 5.74) is 0.513. The second kappa shape index (κ2) is 6.43. The molecule has 1 aromatic carbocycles. The molecule has 3 nitrogen and oxygen atoms in total. The van der Waals surface area contributed by atoms with Gasteiger partial charge in [-0.15, -0.1) is 11.3 Å². The number of carbonyl (C=O) groups is 1. The lowest BCUT2D eigenvalue weighted by atomic mass is 9.94. The summed E-state index contributed by atoms with van der Waals surface area (Å²) in [7, 11) is -2.71. The zero-order valence-electron chi connectivity index (χ0n) is 13.6. The van der Waals surface area contributed by atoms with Crippen molar-refractivity contribution in [2.75, 3.05) is 6.66 Å². The monoisotopic (exact) mass is 370 g/mol. The SMILES string of the molecule is CC(C)(C)c1cc(CP(C)(=O)c2ccc(Cl)cc2)c(C(=O)O)s1. The van der Waals surface area contributed by atoms with E-state index in [1.165, 1.54) is 11.3 Å². The Morgan fingerprint density at radius 3 is 2.30 bits per heavy atom. The third-order valence-corrected chi connectivity index (χ3v) is 7.76. The van der Waals surface area contributed by atoms with Gasteiger partial charge in [0.05, 0.1) is 0 Å². The number of benzene rings is 1. The van der Waals surface area contributed by atoms with Gasteiger partial charge in [0.15, 0.2) is 0 Å². The summed E-state index contributed by atoms with van der Waals surface area (Å²) < 4.78 is 13.1. The molecule has 1 N–H and O–H groups in total. The molecule has 6 heteroatoms. The molecule has 1 atom stereocenters. The average Bonchev–Trinajstić information content (AvgIpc) is 2.82. The molecule has 2 aromatic rings. The maximum absolute atomic E-state index is 13.1. The largest absolute Gasteiger partial charge is 0.477 e. The minimum Gasteiger partial charge on any atom is -0.477 e. The zero-order chi connectivity index (χ0) is 17.4. The van der Waals surface area contributed by atoms with Gasteiger partial charge in [-0.05, 0) is 35.8 Å². The van der Waals surface area contributed by atoms with E-state index in [2.05, 4.69) is 0 Å². The summed E-state index contributed by atoms with van der Waals surface area (Å²) in [4.78, 5) is 12.8. The van der Waals surface area contributed by atoms with Gasteiger partial charge in [0.2, 0.25) is 0 Å². The minimum atomic E-state index is -2.71. The molecule has 0 spiro atoms. The Bertz CT molecular complexity index is 772. The lowest BCUT2D eigenvalue weighted by Gasteiger charge is -2.15. The lowest BCUT2D eigenvalue weighted by molar-refractivity contribution is 0.0701. The lowest BCUT2D eigenvalue weighted by Crippen LogP contribution is -2.08. The molecule has 0 fully saturated rings. The molecule has 0 saturated carbocycles. The van der Waals surface area contributed by atoms with Crippen molar-refractivity contribution in [3.05, 3.63) is 50.7 Å². The highest BCUT2D eigenvalue weighted by molar-refractivity contribution is 7.70. The van der Waals surface area contributed by atoms with Crippen LogP contribution in [-0.2, 0) is 16.1 Å². The van der Waals surface area contributed by atoms with Crippen molar-refractivity contribution in [1.29, 1.82) is 0 Å². The van der Waals surface area contributed by atoms with E-state index >= 15 is 0 Å². The Morgan fingerprint density at radius 1 is 1.26 bits per heavy atom. The number of carboxylic acid groups (broad SMARTS) is 1. The van der Waals surface area contributed by atoms with E-state index in [0.717, 1.165) is 4.88 Å². The predicted molar refractivity (Wildman–Crippen MR) is 98.3 cm³/mol. The second-order valence-corrected chi connectivity index (χ2v) is 11.3. The minimum absolute atomic E-state index is 0.134. The van der Waals surface area contributed by atoms with Crippen molar-refractivity contribution in [1.82, 2.24) is 0 Å². The van der Waals surface area contributed by atoms with E-state index in [4.69, 9.17) is 11.6 Å². The number of hydrogen-bond donors (Lipinski definition) is 1. The fourth-order valence-electron chi connectivity index (χ4n) is 2.27. The molecule has 1 unspecified atom stereocenters. The van der Waals surface area contributed by atoms with Gasteiger partial charge >= 0.3 is 5.97 Å². The van der Waals surface area contributed by atoms with Crippen molar-refractivity contribution in [3.63, 3.8) is 0 Å². The Morgan fingerprint density at radius 2 is 1.83 bits per heavy atom. The quantitative estimate of drug-likeness (QED) is 0.751. The van der Waals surface area contributed by atoms with Crippen molar-refractivity contribution in [2.24, 2.45) is 0 Å². The molecule has 124 valence electrons. The van der Waals surface area contributed by atoms with Crippen LogP contribution >= 0.6 is 30.1 Å². The van der Waals surface area contributed by atoms with Crippen LogP contribution in [0.3, 0.4) is 0 Å². The van der Waals surface area contributed by atoms with Gasteiger partial charge in [-0.25, -0.2) is 4.79 Å². The van der Waals surface area contributed by atoms with Gasteiger partial charge in [0, 0.05) is 21.4 Å². The smallest absolute Gasteiger partial charge is 0.346 e. The Hall–Kier alpha value is -1.09. The highest BCUT2D eigenvalue weighted by Gasteiger charge is 2.27. The highest BCUT2D eigenvalue weighted by atomic mass is 35.5. The fraction of sp³-hybridized carbons (Fsp3) is 0.353. The van der Waals surface area contributed by atoms with E-state index < -0.39 is 13.1 Å². The molecule has 0 aliphatic heterocycles. The number of rotatable bonds is 4. The van der Waals surface area contributed by atoms with Crippen molar-refractivity contribution in [2.45, 2.75) is 32.3 Å². The van der Waals surface area contributed by atoms with Crippen LogP contribution in [0.1, 0.15) is 40.9 Å². The molecule has 0 aliphatic carbocycles. The van der Waals surface area contributed by atoms with Gasteiger partial charge in [-0.2, -0.15) is 0 Å². The molecule has 23 heavy (non-hydrogen) atoms. The van der Waals surface area contributed by atoms with Crippen LogP contribution in [0.2, 0.25) is 5.02 Å². The summed E-state index contributed by atoms with van der Waals surface area (Å²) in [6.07, 6.45) is 0.239. The first-order valence-electron chi connectivity index (χ1n) is 7.20. The molecule has 0 bridgehead atoms. The normalized spacial score (nSPS) is 14.5. The molecule has 0 radical (unpaired) electrons. The number of hydrogen-bond acceptors (Lipinski definition) is 3. The molecule has 0 aliphatic rings. The Kier molecular flexibility index (Phi) is 5.10. The van der Waals surface area contributed by atoms with Crippen LogP contribution in [0, 0.1) is 0 Å². The zero-order valence-corrected chi connectivity index (χ0v) is 16.1. The molecular formula is C17H20ClO3PS. The van der Waals surface area contributed by atoms with Crippen LogP contribution in [0.15, 0.2) is 30.3 Å². The highest BCUT2D eigenvalue weighted by Crippen LogP contribution is 2.46. The van der Waals surface area contributed by atoms with E-state index in [0.29, 0.717) is 15.9 Å². The van der Waals surface area contributed by atoms with Gasteiger partial charge in [-0.3, -0.25) is 0 Å². The number of carboxylic acids is 1. The second-order valence-electron chi connectivity index (χ2n) is 6.76. The fourth-order valence-corrected chi connectivity index (χ4v) is 5.44. The van der Waals surface area contributed by atoms with Crippen molar-refractivity contribution >= 4 is 41.4 Å². The summed E-state index contributed by atoms with van der Waals surface area (Å²) in [6, 6.07) is 8.81. The van der Waals surface area contributed by atoms with E-state index in [1.54, 1.807) is 30.9 Å². The number of aromatic carboxylic acids is 1. The molecule has 0 saturated heterocycles. The Labute approximate surface area is 145 Å². The van der Waals surface area contributed by atoms with E-state index in [1.807, 2.05) is 26.8 Å². The van der Waals surface area contributed by atoms with Crippen LogP contribution in [0.4, 0.5) is 0 Å². The van der Waals surface area contributed by atoms with Crippen LogP contribution < -0.4 is 5.30 Å². The van der Waals surface area contributed by atoms with Gasteiger partial charge in [0.25, 0.3) is 0 Å². The van der Waals surface area contributed by atoms with Crippen LogP contribution in [-0.4, -0.2) is 17.7 Å². The third-order valence-electron chi connectivity index (χ3n) is 3.59. The average molecular weight is 371 g/mol. The summed E-state index contributed by atoms with van der Waals surface area (Å²) in [5.74, 6) is -0.961. The van der Waals surface area contributed by atoms with Gasteiger partial charge < -0.3 is 9.67 Å². The topological polar surface area (TPSA) is 54.4 Å². The van der Waals surface area contributed by atoms with Crippen molar-refractivity contribution in [3.8, 4) is 0 Å². The van der Waals surface area contributed by atoms with Crippen molar-refractivity contribution < 1.29 is 14.5 Å². The Balaban J connectivity index is 2.42. The standard InChI is InChI=1S/C17H20ClO3PS/c1-17(2,3)14-9-11(15(23-14)16(19)20)10-22(4,21)13-7-5-12(18)6-8-13/h5-9H,10H2,1-4H3,(H,19,20). The first kappa shape index (κ1) is 18.3. The van der Waals surface area contributed by atoms with Gasteiger partial charge in [0.1, 0.15) is 12.0 Å². The molecule has 2 rings (SSSR count). The molecule has 0 amide bonds. The van der Waals surface area contributed by atoms with Crippen LogP contribution in [0.25, 0.3) is 0 Å². The summed E-state index contributed by atoms with van der Waals surface area (Å²) >= 11 is 7.15. The maximum Gasteiger partial charge on any atom is 0.346 e. The molecule has 1 heterocycles. The van der Waals surface area contributed by atoms with Gasteiger partial charge in [-0.1, -0.05) is 44.5 Å². The summed E-state index contributed by atoms with van der Waals surface area (Å²) in [5, 5.41) is 10.8. The number of halogens is 1. The van der Waals surface area contributed by atoms with E-state index in [-0.39, 0.29) is 16.5 Å². The molecular weight excluding hydrogens is 351 g/mol. The number of thiophene rings is 1. The third kappa shape index (κ3) is 4.26. The van der Waals surface area contributed by atoms with E-state index in [9.17, 15) is 14.5 Å². The van der Waals surface area contributed by atoms with Crippen LogP contribution in [0.5, 0.6) is 0 Å². The molecule has 1 aromatic heterocycles. The predicted octanol–water partition coefficient (Wildman–Crippen LogP) is 5.22.